The lowest BCUT2D eigenvalue weighted by molar-refractivity contribution is -0.117. The molecule has 32 heavy (non-hydrogen) atoms. The number of nitrogens with zero attached hydrogens (tertiary/aromatic N) is 4. The van der Waals surface area contributed by atoms with E-state index in [0.717, 1.165) is 11.1 Å². The summed E-state index contributed by atoms with van der Waals surface area (Å²) in [6.45, 7) is 3.74. The summed E-state index contributed by atoms with van der Waals surface area (Å²) < 4.78 is 25.2. The summed E-state index contributed by atoms with van der Waals surface area (Å²) in [7, 11) is -1.53. The topological polar surface area (TPSA) is 92.6 Å². The van der Waals surface area contributed by atoms with Gasteiger partial charge in [0.25, 0.3) is 5.91 Å². The van der Waals surface area contributed by atoms with Gasteiger partial charge in [0.1, 0.15) is 0 Å². The van der Waals surface area contributed by atoms with Gasteiger partial charge in [-0.15, -0.1) is 0 Å². The average molecular weight is 453 g/mol. The zero-order valence-corrected chi connectivity index (χ0v) is 19.1. The first-order valence-corrected chi connectivity index (χ1v) is 12.0. The molecule has 0 saturated carbocycles. The first kappa shape index (κ1) is 21.8. The highest BCUT2D eigenvalue weighted by Gasteiger charge is 2.35. The fraction of sp³-hybridized carbons (Fsp3) is 0.261. The molecule has 1 aliphatic heterocycles. The van der Waals surface area contributed by atoms with E-state index in [-0.39, 0.29) is 22.8 Å². The minimum atomic E-state index is -3.29. The molecule has 4 rings (SSSR count). The number of aromatic nitrogens is 2. The molecule has 8 nitrogen and oxygen atoms in total. The van der Waals surface area contributed by atoms with Crippen LogP contribution < -0.4 is 9.80 Å². The van der Waals surface area contributed by atoms with Gasteiger partial charge in [-0.25, -0.2) is 13.4 Å². The van der Waals surface area contributed by atoms with Crippen LogP contribution in [0.15, 0.2) is 59.8 Å². The predicted molar refractivity (Wildman–Crippen MR) is 122 cm³/mol. The van der Waals surface area contributed by atoms with Gasteiger partial charge in [-0.1, -0.05) is 18.2 Å². The molecule has 2 heterocycles. The molecule has 3 aromatic rings. The third-order valence-corrected chi connectivity index (χ3v) is 6.75. The predicted octanol–water partition coefficient (Wildman–Crippen LogP) is 2.89. The highest BCUT2D eigenvalue weighted by molar-refractivity contribution is 7.90. The lowest BCUT2D eigenvalue weighted by atomic mass is 10.0. The van der Waals surface area contributed by atoms with Crippen molar-refractivity contribution in [1.29, 1.82) is 0 Å². The number of rotatable bonds is 3. The highest BCUT2D eigenvalue weighted by Crippen LogP contribution is 2.39. The molecule has 166 valence electrons. The molecule has 0 aliphatic carbocycles. The number of fused-ring (bicyclic) bond motifs is 1. The van der Waals surface area contributed by atoms with E-state index < -0.39 is 9.84 Å². The van der Waals surface area contributed by atoms with Gasteiger partial charge in [0.15, 0.2) is 15.7 Å². The lowest BCUT2D eigenvalue weighted by Crippen LogP contribution is -2.51. The number of benzene rings is 2. The van der Waals surface area contributed by atoms with E-state index in [1.165, 1.54) is 13.2 Å². The molecule has 2 aromatic carbocycles. The third-order valence-electron chi connectivity index (χ3n) is 5.63. The molecular formula is C23H24N4O4S. The third kappa shape index (κ3) is 3.80. The van der Waals surface area contributed by atoms with Crippen LogP contribution in [0.5, 0.6) is 0 Å². The van der Waals surface area contributed by atoms with Gasteiger partial charge in [0.2, 0.25) is 5.91 Å². The SMILES string of the molecule is CC(=O)N1c2ccc(-c3ccc(S(C)(=O)=O)cc3)cc2N(C(=O)c2nccn2C)C[C@@H]1C. The van der Waals surface area contributed by atoms with Crippen molar-refractivity contribution in [3.05, 3.63) is 60.7 Å². The van der Waals surface area contributed by atoms with E-state index in [4.69, 9.17) is 0 Å². The monoisotopic (exact) mass is 452 g/mol. The van der Waals surface area contributed by atoms with Gasteiger partial charge in [-0.05, 0) is 42.3 Å². The maximum atomic E-state index is 13.3. The summed E-state index contributed by atoms with van der Waals surface area (Å²) in [5, 5.41) is 0. The quantitative estimate of drug-likeness (QED) is 0.609. The molecule has 0 N–H and O–H groups in total. The maximum absolute atomic E-state index is 13.3. The van der Waals surface area contributed by atoms with Crippen LogP contribution in [0.2, 0.25) is 0 Å². The number of carbonyl (C=O) groups excluding carboxylic acids is 2. The molecule has 0 unspecified atom stereocenters. The standard InChI is InChI=1S/C23H24N4O4S/c1-15-14-26(23(29)22-24-11-12-25(22)3)21-13-18(7-10-20(21)27(15)16(2)28)17-5-8-19(9-6-17)32(4,30)31/h5-13,15H,14H2,1-4H3/t15-/m0/s1. The van der Waals surface area contributed by atoms with Crippen molar-refractivity contribution < 1.29 is 18.0 Å². The van der Waals surface area contributed by atoms with E-state index in [1.54, 1.807) is 58.1 Å². The largest absolute Gasteiger partial charge is 0.330 e. The fourth-order valence-electron chi connectivity index (χ4n) is 4.06. The Morgan fingerprint density at radius 1 is 1.03 bits per heavy atom. The van der Waals surface area contributed by atoms with E-state index in [9.17, 15) is 18.0 Å². The van der Waals surface area contributed by atoms with Crippen molar-refractivity contribution in [3.8, 4) is 11.1 Å². The summed E-state index contributed by atoms with van der Waals surface area (Å²) in [6.07, 6.45) is 4.45. The van der Waals surface area contributed by atoms with Crippen molar-refractivity contribution in [1.82, 2.24) is 9.55 Å². The van der Waals surface area contributed by atoms with E-state index in [2.05, 4.69) is 4.98 Å². The van der Waals surface area contributed by atoms with E-state index >= 15 is 0 Å². The van der Waals surface area contributed by atoms with E-state index in [0.29, 0.717) is 23.7 Å². The summed E-state index contributed by atoms with van der Waals surface area (Å²) in [6, 6.07) is 11.9. The van der Waals surface area contributed by atoms with Crippen LogP contribution >= 0.6 is 0 Å². The van der Waals surface area contributed by atoms with Gasteiger partial charge in [-0.2, -0.15) is 0 Å². The lowest BCUT2D eigenvalue weighted by Gasteiger charge is -2.40. The van der Waals surface area contributed by atoms with Crippen molar-refractivity contribution in [2.75, 3.05) is 22.6 Å². The molecule has 9 heteroatoms. The summed E-state index contributed by atoms with van der Waals surface area (Å²) >= 11 is 0. The molecule has 1 atom stereocenters. The van der Waals surface area contributed by atoms with Gasteiger partial charge in [-0.3, -0.25) is 9.59 Å². The molecule has 1 aliphatic rings. The van der Waals surface area contributed by atoms with Crippen molar-refractivity contribution in [3.63, 3.8) is 0 Å². The molecule has 0 bridgehead atoms. The molecule has 2 amide bonds. The molecule has 0 fully saturated rings. The number of carbonyl (C=O) groups is 2. The zero-order valence-electron chi connectivity index (χ0n) is 18.3. The fourth-order valence-corrected chi connectivity index (χ4v) is 4.69. The van der Waals surface area contributed by atoms with Gasteiger partial charge < -0.3 is 14.4 Å². The van der Waals surface area contributed by atoms with Crippen LogP contribution in [0.25, 0.3) is 11.1 Å². The normalized spacial score (nSPS) is 16.1. The zero-order chi connectivity index (χ0) is 23.2. The first-order chi connectivity index (χ1) is 15.1. The van der Waals surface area contributed by atoms with Crippen LogP contribution in [0.3, 0.4) is 0 Å². The second-order valence-electron chi connectivity index (χ2n) is 8.02. The van der Waals surface area contributed by atoms with Crippen LogP contribution in [0, 0.1) is 0 Å². The van der Waals surface area contributed by atoms with Crippen molar-refractivity contribution >= 4 is 33.0 Å². The first-order valence-electron chi connectivity index (χ1n) is 10.1. The summed E-state index contributed by atoms with van der Waals surface area (Å²) in [4.78, 5) is 33.5. The molecule has 0 radical (unpaired) electrons. The Hall–Kier alpha value is -3.46. The Bertz CT molecular complexity index is 1310. The van der Waals surface area contributed by atoms with Gasteiger partial charge in [0.05, 0.1) is 22.3 Å². The summed E-state index contributed by atoms with van der Waals surface area (Å²) in [5.74, 6) is -0.0474. The highest BCUT2D eigenvalue weighted by atomic mass is 32.2. The molecule has 0 spiro atoms. The van der Waals surface area contributed by atoms with Crippen molar-refractivity contribution in [2.45, 2.75) is 24.8 Å². The van der Waals surface area contributed by atoms with Gasteiger partial charge >= 0.3 is 0 Å². The number of hydrogen-bond donors (Lipinski definition) is 0. The Morgan fingerprint density at radius 2 is 1.69 bits per heavy atom. The Balaban J connectivity index is 1.82. The molecule has 0 saturated heterocycles. The second-order valence-corrected chi connectivity index (χ2v) is 10.0. The number of hydrogen-bond acceptors (Lipinski definition) is 5. The number of sulfone groups is 1. The average Bonchev–Trinajstić information content (AvgIpc) is 3.17. The van der Waals surface area contributed by atoms with Crippen LogP contribution in [-0.2, 0) is 21.7 Å². The minimum absolute atomic E-state index is 0.104. The number of imidazole rings is 1. The van der Waals surface area contributed by atoms with Crippen LogP contribution in [0.4, 0.5) is 11.4 Å². The second kappa shape index (κ2) is 7.90. The Labute approximate surface area is 187 Å². The molecule has 1 aromatic heterocycles. The molecular weight excluding hydrogens is 428 g/mol. The van der Waals surface area contributed by atoms with Crippen LogP contribution in [0.1, 0.15) is 24.5 Å². The number of amides is 2. The van der Waals surface area contributed by atoms with Crippen molar-refractivity contribution in [2.24, 2.45) is 7.05 Å². The van der Waals surface area contributed by atoms with Crippen LogP contribution in [-0.4, -0.2) is 48.6 Å². The Kier molecular flexibility index (Phi) is 5.37. The number of aryl methyl sites for hydroxylation is 1. The maximum Gasteiger partial charge on any atom is 0.294 e. The van der Waals surface area contributed by atoms with E-state index in [1.807, 2.05) is 25.1 Å². The van der Waals surface area contributed by atoms with Gasteiger partial charge in [0, 0.05) is 39.2 Å². The smallest absolute Gasteiger partial charge is 0.294 e. The minimum Gasteiger partial charge on any atom is -0.330 e. The summed E-state index contributed by atoms with van der Waals surface area (Å²) in [5.41, 5.74) is 2.86. The number of anilines is 2. The Morgan fingerprint density at radius 3 is 2.25 bits per heavy atom.